The number of nitrogens with one attached hydrogen (secondary N) is 1. The lowest BCUT2D eigenvalue weighted by Crippen LogP contribution is -2.63. The van der Waals surface area contributed by atoms with Crippen LogP contribution in [0, 0.1) is 29.1 Å². The smallest absolute Gasteiger partial charge is 0.407 e. The number of benzene rings is 1. The predicted octanol–water partition coefficient (Wildman–Crippen LogP) is 2.95. The molecule has 30 heavy (non-hydrogen) atoms. The van der Waals surface area contributed by atoms with Gasteiger partial charge in [0.25, 0.3) is 0 Å². The molecule has 1 aromatic carbocycles. The number of carbonyl (C=O) groups is 2. The van der Waals surface area contributed by atoms with Crippen molar-refractivity contribution in [3.05, 3.63) is 35.9 Å². The zero-order chi connectivity index (χ0) is 20.9. The third-order valence-electron chi connectivity index (χ3n) is 8.48. The summed E-state index contributed by atoms with van der Waals surface area (Å²) in [6.07, 6.45) is 4.38. The maximum absolute atomic E-state index is 13.0. The molecule has 0 spiro atoms. The molecule has 2 amide bonds. The van der Waals surface area contributed by atoms with Crippen LogP contribution in [0.15, 0.2) is 30.3 Å². The Morgan fingerprint density at radius 1 is 1.10 bits per heavy atom. The molecule has 0 unspecified atom stereocenters. The van der Waals surface area contributed by atoms with Crippen LogP contribution in [0.1, 0.15) is 44.6 Å². The molecule has 4 bridgehead atoms. The van der Waals surface area contributed by atoms with E-state index in [1.165, 1.54) is 0 Å². The second kappa shape index (κ2) is 7.56. The Bertz CT molecular complexity index is 775. The Morgan fingerprint density at radius 3 is 2.30 bits per heavy atom. The summed E-state index contributed by atoms with van der Waals surface area (Å²) in [5, 5.41) is 13.3. The second-order valence-corrected chi connectivity index (χ2v) is 10.2. The zero-order valence-corrected chi connectivity index (χ0v) is 17.6. The fourth-order valence-corrected chi connectivity index (χ4v) is 6.63. The van der Waals surface area contributed by atoms with Gasteiger partial charge in [-0.25, -0.2) is 4.79 Å². The van der Waals surface area contributed by atoms with Crippen molar-refractivity contribution in [2.75, 3.05) is 13.1 Å². The van der Waals surface area contributed by atoms with Gasteiger partial charge in [0, 0.05) is 19.5 Å². The molecule has 162 valence electrons. The minimum absolute atomic E-state index is 0.0290. The van der Waals surface area contributed by atoms with E-state index >= 15 is 0 Å². The van der Waals surface area contributed by atoms with Crippen LogP contribution in [0.5, 0.6) is 0 Å². The molecule has 0 atom stereocenters. The van der Waals surface area contributed by atoms with E-state index in [4.69, 9.17) is 4.74 Å². The molecule has 1 aliphatic heterocycles. The highest BCUT2D eigenvalue weighted by molar-refractivity contribution is 5.78. The molecule has 1 saturated heterocycles. The van der Waals surface area contributed by atoms with Crippen molar-refractivity contribution in [3.63, 3.8) is 0 Å². The summed E-state index contributed by atoms with van der Waals surface area (Å²) in [6.45, 7) is 3.68. The molecule has 0 radical (unpaired) electrons. The van der Waals surface area contributed by atoms with Gasteiger partial charge < -0.3 is 20.1 Å². The van der Waals surface area contributed by atoms with E-state index in [-0.39, 0.29) is 30.1 Å². The summed E-state index contributed by atoms with van der Waals surface area (Å²) in [5.41, 5.74) is 1.02. The standard InChI is InChI=1S/C24H32N2O4/c1-24(18-7-16-8-19(24)10-17(9-18)22(16)28)11-21(27)26-12-20(13-26)25-23(29)30-14-15-5-3-2-4-6-15/h2-6,16-20,22,28H,7-14H2,1H3,(H,25,29). The molecule has 6 rings (SSSR count). The molecule has 4 aliphatic carbocycles. The van der Waals surface area contributed by atoms with Crippen LogP contribution in [-0.2, 0) is 16.1 Å². The van der Waals surface area contributed by atoms with E-state index in [0.29, 0.717) is 43.2 Å². The van der Waals surface area contributed by atoms with Crippen molar-refractivity contribution in [3.8, 4) is 0 Å². The van der Waals surface area contributed by atoms with Gasteiger partial charge in [0.05, 0.1) is 12.1 Å². The van der Waals surface area contributed by atoms with Gasteiger partial charge in [-0.1, -0.05) is 37.3 Å². The first-order valence-corrected chi connectivity index (χ1v) is 11.4. The first-order valence-electron chi connectivity index (χ1n) is 11.4. The molecule has 0 aromatic heterocycles. The van der Waals surface area contributed by atoms with Crippen LogP contribution < -0.4 is 5.32 Å². The largest absolute Gasteiger partial charge is 0.445 e. The predicted molar refractivity (Wildman–Crippen MR) is 111 cm³/mol. The van der Waals surface area contributed by atoms with Crippen molar-refractivity contribution in [1.29, 1.82) is 0 Å². The van der Waals surface area contributed by atoms with Gasteiger partial charge in [0.1, 0.15) is 6.61 Å². The van der Waals surface area contributed by atoms with Crippen molar-refractivity contribution >= 4 is 12.0 Å². The monoisotopic (exact) mass is 412 g/mol. The zero-order valence-electron chi connectivity index (χ0n) is 17.6. The molecule has 1 aromatic rings. The highest BCUT2D eigenvalue weighted by atomic mass is 16.5. The van der Waals surface area contributed by atoms with Gasteiger partial charge in [0.2, 0.25) is 5.91 Å². The molecule has 2 N–H and O–H groups in total. The number of likely N-dealkylation sites (tertiary alicyclic amines) is 1. The average molecular weight is 413 g/mol. The number of aliphatic hydroxyl groups is 1. The quantitative estimate of drug-likeness (QED) is 0.779. The van der Waals surface area contributed by atoms with E-state index in [9.17, 15) is 14.7 Å². The summed E-state index contributed by atoms with van der Waals surface area (Å²) in [4.78, 5) is 26.8. The number of carbonyl (C=O) groups excluding carboxylic acids is 2. The maximum atomic E-state index is 13.0. The van der Waals surface area contributed by atoms with Gasteiger partial charge in [-0.05, 0) is 60.3 Å². The average Bonchev–Trinajstić information content (AvgIpc) is 2.68. The highest BCUT2D eigenvalue weighted by Crippen LogP contribution is 2.63. The molecule has 5 aliphatic rings. The van der Waals surface area contributed by atoms with E-state index in [0.717, 1.165) is 31.2 Å². The number of hydrogen-bond donors (Lipinski definition) is 2. The topological polar surface area (TPSA) is 78.9 Å². The second-order valence-electron chi connectivity index (χ2n) is 10.2. The van der Waals surface area contributed by atoms with Crippen LogP contribution in [0.4, 0.5) is 4.79 Å². The summed E-state index contributed by atoms with van der Waals surface area (Å²) >= 11 is 0. The van der Waals surface area contributed by atoms with Gasteiger partial charge >= 0.3 is 6.09 Å². The Balaban J connectivity index is 1.08. The fraction of sp³-hybridized carbons (Fsp3) is 0.667. The minimum atomic E-state index is -0.428. The van der Waals surface area contributed by atoms with Crippen molar-refractivity contribution in [2.45, 2.75) is 57.8 Å². The Hall–Kier alpha value is -2.08. The Morgan fingerprint density at radius 2 is 1.70 bits per heavy atom. The number of aliphatic hydroxyl groups excluding tert-OH is 1. The Kier molecular flexibility index (Phi) is 5.00. The molecular formula is C24H32N2O4. The molecule has 1 heterocycles. The van der Waals surface area contributed by atoms with E-state index in [1.54, 1.807) is 0 Å². The van der Waals surface area contributed by atoms with E-state index in [2.05, 4.69) is 12.2 Å². The molecule has 5 fully saturated rings. The summed E-state index contributed by atoms with van der Waals surface area (Å²) < 4.78 is 5.27. The summed E-state index contributed by atoms with van der Waals surface area (Å²) in [7, 11) is 0. The number of nitrogens with zero attached hydrogens (tertiary/aromatic N) is 1. The number of ether oxygens (including phenoxy) is 1. The van der Waals surface area contributed by atoms with Crippen LogP contribution in [0.3, 0.4) is 0 Å². The summed E-state index contributed by atoms with van der Waals surface area (Å²) in [5.74, 6) is 2.25. The lowest BCUT2D eigenvalue weighted by atomic mass is 9.44. The first-order chi connectivity index (χ1) is 14.4. The lowest BCUT2D eigenvalue weighted by Gasteiger charge is -2.62. The number of hydrogen-bond acceptors (Lipinski definition) is 4. The highest BCUT2D eigenvalue weighted by Gasteiger charge is 2.58. The fourth-order valence-electron chi connectivity index (χ4n) is 6.63. The first kappa shape index (κ1) is 19.9. The van der Waals surface area contributed by atoms with E-state index < -0.39 is 6.09 Å². The molecule has 6 heteroatoms. The molecule has 6 nitrogen and oxygen atoms in total. The van der Waals surface area contributed by atoms with Crippen LogP contribution >= 0.6 is 0 Å². The SMILES string of the molecule is CC1(CC(=O)N2CC(NC(=O)OCc3ccccc3)C2)C2CC3CC1CC(C2)C3O. The normalized spacial score (nSPS) is 37.0. The van der Waals surface area contributed by atoms with Crippen molar-refractivity contribution in [2.24, 2.45) is 29.1 Å². The van der Waals surface area contributed by atoms with Gasteiger partial charge in [0.15, 0.2) is 0 Å². The molecule has 4 saturated carbocycles. The third-order valence-corrected chi connectivity index (χ3v) is 8.48. The summed E-state index contributed by atoms with van der Waals surface area (Å²) in [6, 6.07) is 9.57. The molecular weight excluding hydrogens is 380 g/mol. The number of alkyl carbamates (subject to hydrolysis) is 1. The van der Waals surface area contributed by atoms with E-state index in [1.807, 2.05) is 35.2 Å². The number of amides is 2. The Labute approximate surface area is 178 Å². The van der Waals surface area contributed by atoms with Crippen LogP contribution in [-0.4, -0.2) is 47.2 Å². The van der Waals surface area contributed by atoms with Gasteiger partial charge in [-0.15, -0.1) is 0 Å². The minimum Gasteiger partial charge on any atom is -0.445 e. The third kappa shape index (κ3) is 3.49. The van der Waals surface area contributed by atoms with Gasteiger partial charge in [-0.2, -0.15) is 0 Å². The van der Waals surface area contributed by atoms with Crippen LogP contribution in [0.25, 0.3) is 0 Å². The van der Waals surface area contributed by atoms with Gasteiger partial charge in [-0.3, -0.25) is 4.79 Å². The van der Waals surface area contributed by atoms with Crippen LogP contribution in [0.2, 0.25) is 0 Å². The van der Waals surface area contributed by atoms with Crippen molar-refractivity contribution < 1.29 is 19.4 Å². The lowest BCUT2D eigenvalue weighted by molar-refractivity contribution is -0.172. The maximum Gasteiger partial charge on any atom is 0.407 e. The number of rotatable bonds is 5. The van der Waals surface area contributed by atoms with Crippen molar-refractivity contribution in [1.82, 2.24) is 10.2 Å².